The molecular weight excluding hydrogens is 511 g/mol. The van der Waals surface area contributed by atoms with Gasteiger partial charge in [0.15, 0.2) is 5.69 Å². The summed E-state index contributed by atoms with van der Waals surface area (Å²) in [5.41, 5.74) is -1.05. The van der Waals surface area contributed by atoms with E-state index in [0.29, 0.717) is 37.6 Å². The summed E-state index contributed by atoms with van der Waals surface area (Å²) in [5.74, 6) is -0.876. The van der Waals surface area contributed by atoms with E-state index in [2.05, 4.69) is 19.9 Å². The number of hydrogen-bond acceptors (Lipinski definition) is 7. The zero-order valence-electron chi connectivity index (χ0n) is 19.7. The van der Waals surface area contributed by atoms with E-state index in [4.69, 9.17) is 4.74 Å². The molecule has 38 heavy (non-hydrogen) atoms. The number of anilines is 1. The zero-order valence-corrected chi connectivity index (χ0v) is 19.7. The second-order valence-electron chi connectivity index (χ2n) is 9.15. The SMILES string of the molecule is O=c1c2cc(N3CC[C@@H](Oc4cc(C(F)(F)F)ncn4)C3)nc(-c3ccc(F)cc3F)c2nc2n1CCC2. The number of fused-ring (bicyclic) bond motifs is 2. The summed E-state index contributed by atoms with van der Waals surface area (Å²) in [6, 6.07) is 5.42. The Morgan fingerprint density at radius 2 is 1.87 bits per heavy atom. The van der Waals surface area contributed by atoms with Crippen molar-refractivity contribution in [1.29, 1.82) is 0 Å². The molecule has 0 saturated carbocycles. The van der Waals surface area contributed by atoms with Gasteiger partial charge in [-0.05, 0) is 24.6 Å². The van der Waals surface area contributed by atoms with Gasteiger partial charge in [0.25, 0.3) is 5.56 Å². The first-order valence-corrected chi connectivity index (χ1v) is 11.9. The maximum absolute atomic E-state index is 14.9. The Hall–Kier alpha value is -4.16. The third-order valence-electron chi connectivity index (χ3n) is 6.66. The van der Waals surface area contributed by atoms with Crippen LogP contribution in [-0.2, 0) is 19.1 Å². The van der Waals surface area contributed by atoms with Crippen LogP contribution in [0.1, 0.15) is 24.4 Å². The molecule has 5 heterocycles. The molecule has 8 nitrogen and oxygen atoms in total. The lowest BCUT2D eigenvalue weighted by molar-refractivity contribution is -0.141. The van der Waals surface area contributed by atoms with Gasteiger partial charge in [-0.15, -0.1) is 0 Å². The summed E-state index contributed by atoms with van der Waals surface area (Å²) in [4.78, 5) is 31.4. The van der Waals surface area contributed by atoms with Gasteiger partial charge in [0.2, 0.25) is 5.88 Å². The molecule has 0 N–H and O–H groups in total. The summed E-state index contributed by atoms with van der Waals surface area (Å²) in [7, 11) is 0. The van der Waals surface area contributed by atoms with Crippen molar-refractivity contribution in [2.45, 2.75) is 38.1 Å². The van der Waals surface area contributed by atoms with Crippen molar-refractivity contribution in [2.24, 2.45) is 0 Å². The van der Waals surface area contributed by atoms with Gasteiger partial charge >= 0.3 is 6.18 Å². The minimum atomic E-state index is -4.63. The molecule has 0 unspecified atom stereocenters. The Bertz CT molecular complexity index is 1620. The van der Waals surface area contributed by atoms with Crippen LogP contribution in [0.25, 0.3) is 22.2 Å². The molecule has 1 saturated heterocycles. The lowest BCUT2D eigenvalue weighted by Gasteiger charge is -2.20. The van der Waals surface area contributed by atoms with Crippen molar-refractivity contribution in [2.75, 3.05) is 18.0 Å². The van der Waals surface area contributed by atoms with E-state index in [9.17, 15) is 26.7 Å². The molecule has 196 valence electrons. The third-order valence-corrected chi connectivity index (χ3v) is 6.66. The highest BCUT2D eigenvalue weighted by molar-refractivity contribution is 5.93. The number of rotatable bonds is 4. The topological polar surface area (TPSA) is 86.0 Å². The number of nitrogens with zero attached hydrogens (tertiary/aromatic N) is 6. The zero-order chi connectivity index (χ0) is 26.6. The van der Waals surface area contributed by atoms with Gasteiger partial charge in [0, 0.05) is 43.6 Å². The number of alkyl halides is 3. The molecule has 1 aromatic carbocycles. The number of benzene rings is 1. The van der Waals surface area contributed by atoms with Crippen molar-refractivity contribution in [1.82, 2.24) is 24.5 Å². The predicted molar refractivity (Wildman–Crippen MR) is 126 cm³/mol. The molecule has 3 aromatic heterocycles. The number of pyridine rings is 1. The van der Waals surface area contributed by atoms with E-state index in [1.165, 1.54) is 6.07 Å². The molecule has 1 atom stereocenters. The van der Waals surface area contributed by atoms with Crippen LogP contribution in [0, 0.1) is 11.6 Å². The Labute approximate surface area is 211 Å². The van der Waals surface area contributed by atoms with Crippen LogP contribution in [0.3, 0.4) is 0 Å². The summed E-state index contributed by atoms with van der Waals surface area (Å²) >= 11 is 0. The molecule has 0 radical (unpaired) electrons. The number of hydrogen-bond donors (Lipinski definition) is 0. The van der Waals surface area contributed by atoms with E-state index in [0.717, 1.165) is 30.9 Å². The van der Waals surface area contributed by atoms with Crippen LogP contribution < -0.4 is 15.2 Å². The van der Waals surface area contributed by atoms with E-state index in [-0.39, 0.29) is 40.1 Å². The van der Waals surface area contributed by atoms with Gasteiger partial charge in [0.05, 0.1) is 11.9 Å². The van der Waals surface area contributed by atoms with Crippen LogP contribution in [0.15, 0.2) is 41.5 Å². The van der Waals surface area contributed by atoms with E-state index < -0.39 is 29.6 Å². The second-order valence-corrected chi connectivity index (χ2v) is 9.15. The molecule has 0 bridgehead atoms. The highest BCUT2D eigenvalue weighted by atomic mass is 19.4. The van der Waals surface area contributed by atoms with E-state index in [1.807, 2.05) is 0 Å². The average Bonchev–Trinajstić information content (AvgIpc) is 3.54. The van der Waals surface area contributed by atoms with E-state index >= 15 is 0 Å². The third kappa shape index (κ3) is 4.31. The fraction of sp³-hybridized carbons (Fsp3) is 0.320. The van der Waals surface area contributed by atoms with Crippen molar-refractivity contribution >= 4 is 16.7 Å². The largest absolute Gasteiger partial charge is 0.472 e. The minimum Gasteiger partial charge on any atom is -0.472 e. The normalized spacial score (nSPS) is 17.3. The summed E-state index contributed by atoms with van der Waals surface area (Å²) in [6.07, 6.45) is -2.57. The highest BCUT2D eigenvalue weighted by Crippen LogP contribution is 2.33. The Morgan fingerprint density at radius 3 is 2.66 bits per heavy atom. The molecule has 4 aromatic rings. The maximum atomic E-state index is 14.9. The Balaban J connectivity index is 1.37. The lowest BCUT2D eigenvalue weighted by atomic mass is 10.1. The standard InChI is InChI=1S/C25H19F5N6O2/c26-13-3-4-15(17(27)8-13)22-23-16(24(37)36-6-1-2-19(36)33-23)9-20(34-22)35-7-5-14(11-35)38-21-10-18(25(28,29)30)31-12-32-21/h3-4,8-10,12,14H,1-2,5-7,11H2/t14-/m1/s1. The first kappa shape index (κ1) is 24.2. The smallest absolute Gasteiger partial charge is 0.433 e. The molecular formula is C25H19F5N6O2. The van der Waals surface area contributed by atoms with Crippen LogP contribution >= 0.6 is 0 Å². The molecule has 2 aliphatic rings. The van der Waals surface area contributed by atoms with Crippen LogP contribution in [0.2, 0.25) is 0 Å². The molecule has 0 aliphatic carbocycles. The summed E-state index contributed by atoms with van der Waals surface area (Å²) in [6.45, 7) is 1.16. The fourth-order valence-corrected chi connectivity index (χ4v) is 4.86. The number of ether oxygens (including phenoxy) is 1. The molecule has 1 fully saturated rings. The van der Waals surface area contributed by atoms with E-state index in [1.54, 1.807) is 15.5 Å². The predicted octanol–water partition coefficient (Wildman–Crippen LogP) is 4.15. The highest BCUT2D eigenvalue weighted by Gasteiger charge is 2.34. The fourth-order valence-electron chi connectivity index (χ4n) is 4.86. The summed E-state index contributed by atoms with van der Waals surface area (Å²) < 4.78 is 74.7. The first-order valence-electron chi connectivity index (χ1n) is 11.9. The maximum Gasteiger partial charge on any atom is 0.433 e. The van der Waals surface area contributed by atoms with Gasteiger partial charge in [-0.3, -0.25) is 9.36 Å². The number of aryl methyl sites for hydroxylation is 1. The van der Waals surface area contributed by atoms with Crippen LogP contribution in [0.5, 0.6) is 5.88 Å². The lowest BCUT2D eigenvalue weighted by Crippen LogP contribution is -2.27. The molecule has 2 aliphatic heterocycles. The Morgan fingerprint density at radius 1 is 1.03 bits per heavy atom. The van der Waals surface area contributed by atoms with Crippen molar-refractivity contribution < 1.29 is 26.7 Å². The van der Waals surface area contributed by atoms with Gasteiger partial charge < -0.3 is 9.64 Å². The van der Waals surface area contributed by atoms with Crippen molar-refractivity contribution in [3.63, 3.8) is 0 Å². The molecule has 13 heteroatoms. The van der Waals surface area contributed by atoms with Crippen LogP contribution in [0.4, 0.5) is 27.8 Å². The molecule has 0 spiro atoms. The molecule has 6 rings (SSSR count). The monoisotopic (exact) mass is 530 g/mol. The number of aromatic nitrogens is 5. The Kier molecular flexibility index (Phi) is 5.73. The van der Waals surface area contributed by atoms with Gasteiger partial charge in [-0.1, -0.05) is 0 Å². The first-order chi connectivity index (χ1) is 18.2. The summed E-state index contributed by atoms with van der Waals surface area (Å²) in [5, 5.41) is 0.245. The van der Waals surface area contributed by atoms with Crippen LogP contribution in [-0.4, -0.2) is 43.7 Å². The van der Waals surface area contributed by atoms with Gasteiger partial charge in [0.1, 0.15) is 46.9 Å². The second kappa shape index (κ2) is 8.99. The average molecular weight is 530 g/mol. The minimum absolute atomic E-state index is 0.000703. The van der Waals surface area contributed by atoms with Crippen molar-refractivity contribution in [3.05, 3.63) is 70.2 Å². The van der Waals surface area contributed by atoms with Crippen molar-refractivity contribution in [3.8, 4) is 17.1 Å². The number of halogens is 5. The van der Waals surface area contributed by atoms with Gasteiger partial charge in [-0.2, -0.15) is 13.2 Å². The van der Waals surface area contributed by atoms with Gasteiger partial charge in [-0.25, -0.2) is 28.7 Å². The quantitative estimate of drug-likeness (QED) is 0.367. The molecule has 0 amide bonds.